The molecular formula is C15H11ClF3NO3. The quantitative estimate of drug-likeness (QED) is 0.860. The lowest BCUT2D eigenvalue weighted by atomic mass is 10.1. The van der Waals surface area contributed by atoms with Crippen molar-refractivity contribution in [2.24, 2.45) is 0 Å². The molecular weight excluding hydrogens is 335 g/mol. The molecule has 2 aromatic rings. The lowest BCUT2D eigenvalue weighted by Gasteiger charge is -2.13. The number of rotatable bonds is 3. The van der Waals surface area contributed by atoms with Gasteiger partial charge in [0.1, 0.15) is 11.5 Å². The number of halogens is 4. The number of alkyl halides is 3. The Morgan fingerprint density at radius 2 is 1.91 bits per heavy atom. The summed E-state index contributed by atoms with van der Waals surface area (Å²) in [6.07, 6.45) is -4.79. The summed E-state index contributed by atoms with van der Waals surface area (Å²) in [4.78, 5) is 12.1. The molecule has 0 heterocycles. The molecule has 2 N–H and O–H groups in total. The second-order valence-corrected chi connectivity index (χ2v) is 5.08. The Labute approximate surface area is 134 Å². The summed E-state index contributed by atoms with van der Waals surface area (Å²) in [6, 6.07) is 7.46. The molecule has 0 saturated carbocycles. The number of hydrogen-bond donors (Lipinski definition) is 2. The minimum atomic E-state index is -4.79. The minimum absolute atomic E-state index is 0.0486. The van der Waals surface area contributed by atoms with Gasteiger partial charge in [-0.3, -0.25) is 4.79 Å². The highest BCUT2D eigenvalue weighted by Gasteiger charge is 2.31. The molecule has 8 heteroatoms. The van der Waals surface area contributed by atoms with Crippen LogP contribution in [0.1, 0.15) is 15.9 Å². The van der Waals surface area contributed by atoms with Crippen molar-refractivity contribution in [3.63, 3.8) is 0 Å². The summed E-state index contributed by atoms with van der Waals surface area (Å²) in [6.45, 7) is 1.51. The highest BCUT2D eigenvalue weighted by Crippen LogP contribution is 2.28. The first kappa shape index (κ1) is 17.0. The summed E-state index contributed by atoms with van der Waals surface area (Å²) in [5, 5.41) is 12.4. The van der Waals surface area contributed by atoms with Crippen molar-refractivity contribution in [3.05, 3.63) is 52.5 Å². The SMILES string of the molecule is Cc1cc(OC(F)(F)F)ccc1NC(=O)c1cc(Cl)ccc1O. The van der Waals surface area contributed by atoms with Crippen molar-refractivity contribution in [3.8, 4) is 11.5 Å². The first-order valence-corrected chi connectivity index (χ1v) is 6.70. The maximum atomic E-state index is 12.2. The molecule has 4 nitrogen and oxygen atoms in total. The van der Waals surface area contributed by atoms with Gasteiger partial charge >= 0.3 is 6.36 Å². The first-order valence-electron chi connectivity index (χ1n) is 6.32. The van der Waals surface area contributed by atoms with Crippen LogP contribution in [0, 0.1) is 6.92 Å². The fourth-order valence-electron chi connectivity index (χ4n) is 1.85. The number of ether oxygens (including phenoxy) is 1. The molecule has 0 aliphatic rings. The third kappa shape index (κ3) is 4.53. The van der Waals surface area contributed by atoms with E-state index in [1.165, 1.54) is 31.2 Å². The molecule has 1 amide bonds. The second-order valence-electron chi connectivity index (χ2n) is 4.64. The third-order valence-electron chi connectivity index (χ3n) is 2.88. The van der Waals surface area contributed by atoms with Crippen LogP contribution in [0.15, 0.2) is 36.4 Å². The van der Waals surface area contributed by atoms with E-state index >= 15 is 0 Å². The standard InChI is InChI=1S/C15H11ClF3NO3/c1-8-6-10(23-15(17,18)19)3-4-12(8)20-14(22)11-7-9(16)2-5-13(11)21/h2-7,21H,1H3,(H,20,22). The lowest BCUT2D eigenvalue weighted by molar-refractivity contribution is -0.274. The second kappa shape index (κ2) is 6.37. The van der Waals surface area contributed by atoms with E-state index in [-0.39, 0.29) is 22.0 Å². The molecule has 0 saturated heterocycles. The van der Waals surface area contributed by atoms with Crippen molar-refractivity contribution < 1.29 is 27.8 Å². The molecule has 0 aliphatic heterocycles. The highest BCUT2D eigenvalue weighted by atomic mass is 35.5. The number of aryl methyl sites for hydroxylation is 1. The van der Waals surface area contributed by atoms with Crippen LogP contribution in [0.5, 0.6) is 11.5 Å². The zero-order valence-electron chi connectivity index (χ0n) is 11.7. The normalized spacial score (nSPS) is 11.2. The van der Waals surface area contributed by atoms with Crippen molar-refractivity contribution in [2.45, 2.75) is 13.3 Å². The maximum Gasteiger partial charge on any atom is 0.573 e. The number of hydrogen-bond acceptors (Lipinski definition) is 3. The van der Waals surface area contributed by atoms with Gasteiger partial charge in [0.15, 0.2) is 0 Å². The van der Waals surface area contributed by atoms with Gasteiger partial charge in [-0.2, -0.15) is 0 Å². The molecule has 0 bridgehead atoms. The zero-order valence-corrected chi connectivity index (χ0v) is 12.5. The molecule has 0 atom stereocenters. The van der Waals surface area contributed by atoms with Crippen LogP contribution in [0.2, 0.25) is 5.02 Å². The highest BCUT2D eigenvalue weighted by molar-refractivity contribution is 6.31. The van der Waals surface area contributed by atoms with E-state index < -0.39 is 18.0 Å². The van der Waals surface area contributed by atoms with Crippen LogP contribution in [-0.4, -0.2) is 17.4 Å². The monoisotopic (exact) mass is 345 g/mol. The Balaban J connectivity index is 2.20. The number of phenolic OH excluding ortho intramolecular Hbond substituents is 1. The van der Waals surface area contributed by atoms with Gasteiger partial charge in [-0.05, 0) is 48.9 Å². The number of phenols is 1. The van der Waals surface area contributed by atoms with Crippen LogP contribution < -0.4 is 10.1 Å². The van der Waals surface area contributed by atoms with Crippen LogP contribution >= 0.6 is 11.6 Å². The van der Waals surface area contributed by atoms with Gasteiger partial charge in [-0.25, -0.2) is 0 Å². The van der Waals surface area contributed by atoms with E-state index in [1.54, 1.807) is 0 Å². The smallest absolute Gasteiger partial charge is 0.507 e. The van der Waals surface area contributed by atoms with E-state index in [2.05, 4.69) is 10.1 Å². The Hall–Kier alpha value is -2.41. The fraction of sp³-hybridized carbons (Fsp3) is 0.133. The predicted molar refractivity (Wildman–Crippen MR) is 78.9 cm³/mol. The molecule has 0 aromatic heterocycles. The average molecular weight is 346 g/mol. The minimum Gasteiger partial charge on any atom is -0.507 e. The Bertz CT molecular complexity index is 747. The molecule has 122 valence electrons. The largest absolute Gasteiger partial charge is 0.573 e. The van der Waals surface area contributed by atoms with Crippen molar-refractivity contribution in [1.82, 2.24) is 0 Å². The number of anilines is 1. The van der Waals surface area contributed by atoms with E-state index in [4.69, 9.17) is 11.6 Å². The summed E-state index contributed by atoms with van der Waals surface area (Å²) in [5.41, 5.74) is 0.595. The molecule has 0 unspecified atom stereocenters. The fourth-order valence-corrected chi connectivity index (χ4v) is 2.03. The predicted octanol–water partition coefficient (Wildman–Crippen LogP) is 4.50. The van der Waals surface area contributed by atoms with Crippen molar-refractivity contribution >= 4 is 23.2 Å². The van der Waals surface area contributed by atoms with Crippen molar-refractivity contribution in [2.75, 3.05) is 5.32 Å². The first-order chi connectivity index (χ1) is 10.7. The molecule has 0 radical (unpaired) electrons. The topological polar surface area (TPSA) is 58.6 Å². The van der Waals surface area contributed by atoms with Gasteiger partial charge in [-0.15, -0.1) is 13.2 Å². The number of amides is 1. The molecule has 2 aromatic carbocycles. The third-order valence-corrected chi connectivity index (χ3v) is 3.12. The maximum absolute atomic E-state index is 12.2. The lowest BCUT2D eigenvalue weighted by Crippen LogP contribution is -2.17. The van der Waals surface area contributed by atoms with Gasteiger partial charge in [0.05, 0.1) is 5.56 Å². The van der Waals surface area contributed by atoms with Crippen LogP contribution in [0.25, 0.3) is 0 Å². The van der Waals surface area contributed by atoms with Crippen molar-refractivity contribution in [1.29, 1.82) is 0 Å². The molecule has 0 aliphatic carbocycles. The van der Waals surface area contributed by atoms with Crippen LogP contribution in [-0.2, 0) is 0 Å². The van der Waals surface area contributed by atoms with Gasteiger partial charge in [0.25, 0.3) is 5.91 Å². The van der Waals surface area contributed by atoms with Gasteiger partial charge < -0.3 is 15.2 Å². The Morgan fingerprint density at radius 1 is 1.22 bits per heavy atom. The number of nitrogens with one attached hydrogen (secondary N) is 1. The van der Waals surface area contributed by atoms with Gasteiger partial charge in [-0.1, -0.05) is 11.6 Å². The summed E-state index contributed by atoms with van der Waals surface area (Å²) < 4.78 is 40.3. The number of carbonyl (C=O) groups is 1. The van der Waals surface area contributed by atoms with E-state index in [0.717, 1.165) is 12.1 Å². The average Bonchev–Trinajstić information content (AvgIpc) is 2.42. The van der Waals surface area contributed by atoms with Crippen LogP contribution in [0.4, 0.5) is 18.9 Å². The number of benzene rings is 2. The van der Waals surface area contributed by atoms with E-state index in [1.807, 2.05) is 0 Å². The molecule has 0 spiro atoms. The van der Waals surface area contributed by atoms with E-state index in [9.17, 15) is 23.1 Å². The summed E-state index contributed by atoms with van der Waals surface area (Å²) in [7, 11) is 0. The van der Waals surface area contributed by atoms with E-state index in [0.29, 0.717) is 5.56 Å². The van der Waals surface area contributed by atoms with Gasteiger partial charge in [0.2, 0.25) is 0 Å². The molecule has 23 heavy (non-hydrogen) atoms. The summed E-state index contributed by atoms with van der Waals surface area (Å²) in [5.74, 6) is -1.29. The van der Waals surface area contributed by atoms with Crippen LogP contribution in [0.3, 0.4) is 0 Å². The molecule has 2 rings (SSSR count). The molecule has 0 fully saturated rings. The number of carbonyl (C=O) groups excluding carboxylic acids is 1. The number of aromatic hydroxyl groups is 1. The summed E-state index contributed by atoms with van der Waals surface area (Å²) >= 11 is 5.76. The zero-order chi connectivity index (χ0) is 17.2. The Kier molecular flexibility index (Phi) is 4.70. The Morgan fingerprint density at radius 3 is 2.52 bits per heavy atom. The van der Waals surface area contributed by atoms with Gasteiger partial charge in [0, 0.05) is 10.7 Å².